The van der Waals surface area contributed by atoms with E-state index in [1.165, 1.54) is 31.3 Å². The van der Waals surface area contributed by atoms with Crippen LogP contribution < -0.4 is 35.8 Å². The molecule has 3 aromatic rings. The first kappa shape index (κ1) is 43.3. The molecule has 5 aliphatic rings. The van der Waals surface area contributed by atoms with Gasteiger partial charge in [-0.15, -0.1) is 0 Å². The van der Waals surface area contributed by atoms with Crippen molar-refractivity contribution in [2.45, 2.75) is 88.3 Å². The summed E-state index contributed by atoms with van der Waals surface area (Å²) in [6.07, 6.45) is 7.67. The molecule has 1 aromatic heterocycles. The molecule has 2 atom stereocenters. The molecule has 4 N–H and O–H groups in total. The van der Waals surface area contributed by atoms with Crippen LogP contribution in [0, 0.1) is 5.82 Å². The van der Waals surface area contributed by atoms with E-state index in [0.717, 1.165) is 61.1 Å². The molecule has 1 saturated carbocycles. The van der Waals surface area contributed by atoms with Crippen LogP contribution in [0.4, 0.5) is 42.0 Å². The number of benzene rings is 2. The molecule has 334 valence electrons. The van der Waals surface area contributed by atoms with Gasteiger partial charge in [0.2, 0.25) is 17.8 Å². The largest absolute Gasteiger partial charge is 0.495 e. The van der Waals surface area contributed by atoms with Crippen LogP contribution in [0.5, 0.6) is 5.75 Å². The maximum Gasteiger partial charge on any atom is 0.342 e. The third-order valence-corrected chi connectivity index (χ3v) is 12.5. The molecular weight excluding hydrogens is 826 g/mol. The lowest BCUT2D eigenvalue weighted by Gasteiger charge is -2.31. The quantitative estimate of drug-likeness (QED) is 0.133. The zero-order valence-electron chi connectivity index (χ0n) is 35.0. The Morgan fingerprint density at radius 2 is 1.79 bits per heavy atom. The van der Waals surface area contributed by atoms with E-state index in [9.17, 15) is 28.8 Å². The maximum atomic E-state index is 15.6. The molecule has 0 spiro atoms. The number of piperidine rings is 1. The molecule has 2 saturated heterocycles. The lowest BCUT2D eigenvalue weighted by Crippen LogP contribution is -2.54. The van der Waals surface area contributed by atoms with Crippen molar-refractivity contribution < 1.29 is 46.7 Å². The molecule has 1 aliphatic carbocycles. The molecule has 20 heteroatoms. The van der Waals surface area contributed by atoms with E-state index >= 15 is 13.2 Å². The first-order valence-corrected chi connectivity index (χ1v) is 21.3. The summed E-state index contributed by atoms with van der Waals surface area (Å²) in [5.74, 6) is -8.38. The summed E-state index contributed by atoms with van der Waals surface area (Å²) in [4.78, 5) is 90.9. The molecule has 6 amide bonds. The smallest absolute Gasteiger partial charge is 0.342 e. The minimum Gasteiger partial charge on any atom is -0.495 e. The van der Waals surface area contributed by atoms with Gasteiger partial charge in [-0.05, 0) is 63.3 Å². The van der Waals surface area contributed by atoms with Crippen LogP contribution in [0.25, 0.3) is 0 Å². The molecule has 17 nitrogen and oxygen atoms in total. The fraction of sp³-hybridized carbons (Fsp3) is 0.488. The van der Waals surface area contributed by atoms with Gasteiger partial charge in [0.15, 0.2) is 5.82 Å². The predicted molar refractivity (Wildman–Crippen MR) is 224 cm³/mol. The number of hydrogen-bond acceptors (Lipinski definition) is 13. The van der Waals surface area contributed by atoms with Crippen molar-refractivity contribution in [3.63, 3.8) is 0 Å². The number of nitrogens with one attached hydrogen (secondary N) is 4. The fourth-order valence-corrected chi connectivity index (χ4v) is 9.16. The lowest BCUT2D eigenvalue weighted by atomic mass is 10.0. The number of alkyl halides is 2. The number of aromatic nitrogens is 2. The van der Waals surface area contributed by atoms with Crippen molar-refractivity contribution in [2.24, 2.45) is 0 Å². The second-order valence-electron chi connectivity index (χ2n) is 16.6. The van der Waals surface area contributed by atoms with Gasteiger partial charge in [0.25, 0.3) is 23.6 Å². The van der Waals surface area contributed by atoms with Crippen molar-refractivity contribution in [3.8, 4) is 5.75 Å². The summed E-state index contributed by atoms with van der Waals surface area (Å²) < 4.78 is 51.2. The summed E-state index contributed by atoms with van der Waals surface area (Å²) in [6.45, 7) is 1.82. The van der Waals surface area contributed by atoms with Gasteiger partial charge in [-0.2, -0.15) is 13.8 Å². The van der Waals surface area contributed by atoms with Gasteiger partial charge in [0, 0.05) is 56.9 Å². The molecule has 0 radical (unpaired) electrons. The Balaban J connectivity index is 0.819. The second-order valence-corrected chi connectivity index (χ2v) is 16.6. The van der Waals surface area contributed by atoms with E-state index in [2.05, 4.69) is 36.1 Å². The molecule has 2 aromatic carbocycles. The van der Waals surface area contributed by atoms with Gasteiger partial charge in [0.1, 0.15) is 23.3 Å². The molecule has 3 fully saturated rings. The highest BCUT2D eigenvalue weighted by Gasteiger charge is 2.49. The lowest BCUT2D eigenvalue weighted by molar-refractivity contribution is -0.140. The summed E-state index contributed by atoms with van der Waals surface area (Å²) in [6, 6.07) is 5.84. The number of amides is 6. The van der Waals surface area contributed by atoms with Gasteiger partial charge in [0.05, 0.1) is 42.2 Å². The maximum absolute atomic E-state index is 15.6. The number of unbranched alkanes of at least 4 members (excludes halogenated alkanes) is 2. The summed E-state index contributed by atoms with van der Waals surface area (Å²) in [7, 11) is 2.62. The molecule has 63 heavy (non-hydrogen) atoms. The Morgan fingerprint density at radius 1 is 1.00 bits per heavy atom. The highest BCUT2D eigenvalue weighted by Crippen LogP contribution is 2.40. The van der Waals surface area contributed by atoms with Crippen molar-refractivity contribution in [2.75, 3.05) is 67.3 Å². The van der Waals surface area contributed by atoms with Crippen LogP contribution in [-0.4, -0.2) is 126 Å². The molecule has 0 bridgehead atoms. The van der Waals surface area contributed by atoms with Crippen molar-refractivity contribution in [1.29, 1.82) is 0 Å². The third kappa shape index (κ3) is 8.72. The average molecular weight is 875 g/mol. The van der Waals surface area contributed by atoms with Crippen molar-refractivity contribution in [1.82, 2.24) is 30.4 Å². The number of rotatable bonds is 14. The summed E-state index contributed by atoms with van der Waals surface area (Å²) >= 11 is 0. The first-order chi connectivity index (χ1) is 30.2. The highest BCUT2D eigenvalue weighted by atomic mass is 19.3. The highest BCUT2D eigenvalue weighted by molar-refractivity contribution is 6.25. The zero-order valence-corrected chi connectivity index (χ0v) is 35.0. The first-order valence-electron chi connectivity index (χ1n) is 21.3. The monoisotopic (exact) mass is 874 g/mol. The predicted octanol–water partition coefficient (Wildman–Crippen LogP) is 4.22. The Hall–Kier alpha value is -6.31. The average Bonchev–Trinajstić information content (AvgIpc) is 4.01. The van der Waals surface area contributed by atoms with Crippen LogP contribution in [0.3, 0.4) is 0 Å². The Bertz CT molecular complexity index is 2340. The number of nitrogens with zero attached hydrogens (tertiary/aromatic N) is 6. The van der Waals surface area contributed by atoms with Gasteiger partial charge in [-0.3, -0.25) is 39.0 Å². The van der Waals surface area contributed by atoms with Crippen LogP contribution in [-0.2, 0) is 14.4 Å². The van der Waals surface area contributed by atoms with Crippen LogP contribution in [0.1, 0.15) is 95.3 Å². The topological polar surface area (TPSA) is 199 Å². The van der Waals surface area contributed by atoms with E-state index in [1.54, 1.807) is 18.2 Å². The molecular formula is C43H49F3N10O7. The third-order valence-electron chi connectivity index (χ3n) is 12.5. The number of methoxy groups -OCH3 is 1. The van der Waals surface area contributed by atoms with E-state index in [-0.39, 0.29) is 70.5 Å². The molecule has 8 rings (SSSR count). The van der Waals surface area contributed by atoms with Crippen LogP contribution in [0.2, 0.25) is 0 Å². The van der Waals surface area contributed by atoms with E-state index in [4.69, 9.17) is 4.74 Å². The Morgan fingerprint density at radius 3 is 2.56 bits per heavy atom. The fourth-order valence-electron chi connectivity index (χ4n) is 9.16. The number of ether oxygens (including phenoxy) is 1. The van der Waals surface area contributed by atoms with E-state index < -0.39 is 59.8 Å². The number of fused-ring (bicyclic) bond motifs is 2. The van der Waals surface area contributed by atoms with Crippen molar-refractivity contribution in [3.05, 3.63) is 59.0 Å². The number of likely N-dealkylation sites (tertiary alicyclic amines) is 1. The number of carbonyl (C=O) groups is 6. The SMILES string of the molecule is COc1cc(C(=O)NC2CCN(CCCCCNc3cccc4c3C(=O)N(C3CCC(=O)NC3=O)C4=O)C2)c(F)cc1Nc1ncc2c(n1)N(C1CCCC1)CC(F)(F)C(=O)N2C. The molecule has 2 unspecified atom stereocenters. The number of imide groups is 2. The Kier molecular flexibility index (Phi) is 12.3. The standard InChI is InChI=1S/C43H49F3N10O7/c1-53-32-21-48-42(52-36(32)55(25-9-4-5-10-25)23-43(45,46)41(53)62)50-30-20-28(44)27(19-33(30)63-2)37(58)49-24-15-18-54(22-24)17-7-3-6-16-47-29-12-8-11-26-35(29)40(61)56(39(26)60)31-13-14-34(57)51-38(31)59/h8,11-12,19-21,24-25,31,47H,3-7,9-10,13-18,22-23H2,1-2H3,(H,49,58)(H,48,50,52)(H,51,57,59). The number of hydrogen-bond donors (Lipinski definition) is 4. The number of carbonyl (C=O) groups excluding carboxylic acids is 6. The van der Waals surface area contributed by atoms with E-state index in [1.807, 2.05) is 0 Å². The minimum atomic E-state index is -3.64. The van der Waals surface area contributed by atoms with Crippen LogP contribution in [0.15, 0.2) is 36.5 Å². The summed E-state index contributed by atoms with van der Waals surface area (Å²) in [5.41, 5.74) is 0.961. The van der Waals surface area contributed by atoms with Gasteiger partial charge >= 0.3 is 5.92 Å². The Labute approximate surface area is 361 Å². The minimum absolute atomic E-state index is 0.0337. The summed E-state index contributed by atoms with van der Waals surface area (Å²) in [5, 5.41) is 11.3. The van der Waals surface area contributed by atoms with Crippen molar-refractivity contribution >= 4 is 64.3 Å². The van der Waals surface area contributed by atoms with E-state index in [0.29, 0.717) is 38.0 Å². The van der Waals surface area contributed by atoms with Gasteiger partial charge in [-0.25, -0.2) is 9.37 Å². The number of anilines is 5. The van der Waals surface area contributed by atoms with Gasteiger partial charge < -0.3 is 35.4 Å². The number of halogens is 3. The van der Waals surface area contributed by atoms with Crippen LogP contribution >= 0.6 is 0 Å². The molecule has 4 aliphatic heterocycles. The zero-order chi connectivity index (χ0) is 44.6. The van der Waals surface area contributed by atoms with Gasteiger partial charge in [-0.1, -0.05) is 25.3 Å². The second kappa shape index (κ2) is 17.8. The normalized spacial score (nSPS) is 21.3. The molecule has 5 heterocycles.